The Morgan fingerprint density at radius 3 is 2.48 bits per heavy atom. The maximum Gasteiger partial charge on any atom is 0.165 e. The zero-order valence-corrected chi connectivity index (χ0v) is 12.8. The zero-order valence-electron chi connectivity index (χ0n) is 12.8. The summed E-state index contributed by atoms with van der Waals surface area (Å²) in [5.41, 5.74) is 13.4. The van der Waals surface area contributed by atoms with Crippen LogP contribution >= 0.6 is 0 Å². The van der Waals surface area contributed by atoms with Crippen LogP contribution in [-0.4, -0.2) is 19.7 Å². The van der Waals surface area contributed by atoms with Gasteiger partial charge in [0.05, 0.1) is 16.7 Å². The number of benzene rings is 1. The summed E-state index contributed by atoms with van der Waals surface area (Å²) >= 11 is 0. The van der Waals surface area contributed by atoms with Crippen LogP contribution < -0.4 is 5.73 Å². The first-order valence-electron chi connectivity index (χ1n) is 7.00. The van der Waals surface area contributed by atoms with Crippen molar-refractivity contribution in [2.45, 2.75) is 34.2 Å². The molecule has 3 rings (SSSR count). The Balaban J connectivity index is 2.31. The van der Waals surface area contributed by atoms with Gasteiger partial charge in [-0.1, -0.05) is 0 Å². The predicted octanol–water partition coefficient (Wildman–Crippen LogP) is 2.51. The van der Waals surface area contributed by atoms with E-state index < -0.39 is 0 Å². The molecule has 0 amide bonds. The van der Waals surface area contributed by atoms with E-state index in [0.29, 0.717) is 6.54 Å². The van der Waals surface area contributed by atoms with Gasteiger partial charge in [-0.05, 0) is 56.5 Å². The minimum Gasteiger partial charge on any atom is -0.326 e. The van der Waals surface area contributed by atoms with Crippen LogP contribution in [0.3, 0.4) is 0 Å². The summed E-state index contributed by atoms with van der Waals surface area (Å²) in [5.74, 6) is 0.770. The first-order chi connectivity index (χ1) is 10.0. The molecule has 0 aliphatic heterocycles. The number of aromatic nitrogens is 4. The van der Waals surface area contributed by atoms with Crippen molar-refractivity contribution < 1.29 is 0 Å². The van der Waals surface area contributed by atoms with Crippen LogP contribution in [-0.2, 0) is 6.54 Å². The molecule has 0 aliphatic carbocycles. The normalized spacial score (nSPS) is 11.3. The number of rotatable bonds is 2. The van der Waals surface area contributed by atoms with E-state index in [1.807, 2.05) is 18.4 Å². The minimum atomic E-state index is 0.433. The van der Waals surface area contributed by atoms with Crippen molar-refractivity contribution in [1.82, 2.24) is 19.7 Å². The number of imidazole rings is 1. The molecule has 21 heavy (non-hydrogen) atoms. The maximum atomic E-state index is 5.92. The monoisotopic (exact) mass is 281 g/mol. The summed E-state index contributed by atoms with van der Waals surface area (Å²) < 4.78 is 1.98. The molecular formula is C16H19N5. The lowest BCUT2D eigenvalue weighted by Crippen LogP contribution is -2.11. The highest BCUT2D eigenvalue weighted by Crippen LogP contribution is 2.24. The van der Waals surface area contributed by atoms with Gasteiger partial charge in [0.2, 0.25) is 0 Å². The minimum absolute atomic E-state index is 0.433. The fraction of sp³-hybridized carbons (Fsp3) is 0.312. The molecule has 0 aliphatic rings. The number of nitrogens with zero attached hydrogens (tertiary/aromatic N) is 4. The molecular weight excluding hydrogens is 262 g/mol. The van der Waals surface area contributed by atoms with Gasteiger partial charge in [0.25, 0.3) is 0 Å². The maximum absolute atomic E-state index is 5.92. The van der Waals surface area contributed by atoms with E-state index in [2.05, 4.69) is 41.2 Å². The van der Waals surface area contributed by atoms with Gasteiger partial charge in [0.15, 0.2) is 5.82 Å². The standard InChI is InChI=1S/C16H19N5/c1-9-5-14-15(6-10(9)2)21(8-18-14)16-13(7-17)11(3)12(4)19-20-16/h5-6,8H,7,17H2,1-4H3. The van der Waals surface area contributed by atoms with E-state index >= 15 is 0 Å². The van der Waals surface area contributed by atoms with Crippen LogP contribution in [0.15, 0.2) is 18.5 Å². The van der Waals surface area contributed by atoms with Gasteiger partial charge in [-0.15, -0.1) is 5.10 Å². The van der Waals surface area contributed by atoms with Gasteiger partial charge in [0, 0.05) is 12.1 Å². The first kappa shape index (κ1) is 13.7. The van der Waals surface area contributed by atoms with Crippen molar-refractivity contribution in [3.8, 4) is 5.82 Å². The smallest absolute Gasteiger partial charge is 0.165 e. The molecule has 0 unspecified atom stereocenters. The Hall–Kier alpha value is -2.27. The number of aryl methyl sites for hydroxylation is 3. The van der Waals surface area contributed by atoms with E-state index in [-0.39, 0.29) is 0 Å². The third-order valence-corrected chi connectivity index (χ3v) is 4.16. The lowest BCUT2D eigenvalue weighted by Gasteiger charge is -2.12. The van der Waals surface area contributed by atoms with Crippen molar-refractivity contribution in [2.75, 3.05) is 0 Å². The summed E-state index contributed by atoms with van der Waals surface area (Å²) in [7, 11) is 0. The highest BCUT2D eigenvalue weighted by Gasteiger charge is 2.14. The van der Waals surface area contributed by atoms with Crippen LogP contribution in [0.5, 0.6) is 0 Å². The quantitative estimate of drug-likeness (QED) is 0.783. The van der Waals surface area contributed by atoms with Crippen LogP contribution in [0.25, 0.3) is 16.9 Å². The third-order valence-electron chi connectivity index (χ3n) is 4.16. The summed E-state index contributed by atoms with van der Waals surface area (Å²) in [6.45, 7) is 8.61. The Morgan fingerprint density at radius 2 is 1.76 bits per heavy atom. The topological polar surface area (TPSA) is 69.6 Å². The predicted molar refractivity (Wildman–Crippen MR) is 83.5 cm³/mol. The van der Waals surface area contributed by atoms with Gasteiger partial charge in [-0.2, -0.15) is 5.10 Å². The van der Waals surface area contributed by atoms with Gasteiger partial charge < -0.3 is 5.73 Å². The van der Waals surface area contributed by atoms with Crippen molar-refractivity contribution in [3.05, 3.63) is 46.4 Å². The molecule has 0 saturated carbocycles. The van der Waals surface area contributed by atoms with E-state index in [9.17, 15) is 0 Å². The molecule has 5 heteroatoms. The molecule has 0 atom stereocenters. The highest BCUT2D eigenvalue weighted by molar-refractivity contribution is 5.79. The molecule has 2 aromatic heterocycles. The highest BCUT2D eigenvalue weighted by atomic mass is 15.2. The molecule has 5 nitrogen and oxygen atoms in total. The number of hydrogen-bond acceptors (Lipinski definition) is 4. The van der Waals surface area contributed by atoms with Crippen molar-refractivity contribution in [3.63, 3.8) is 0 Å². The molecule has 0 spiro atoms. The Morgan fingerprint density at radius 1 is 1.05 bits per heavy atom. The largest absolute Gasteiger partial charge is 0.326 e. The van der Waals surface area contributed by atoms with E-state index in [1.165, 1.54) is 11.1 Å². The molecule has 108 valence electrons. The molecule has 3 aromatic rings. The molecule has 2 heterocycles. The lowest BCUT2D eigenvalue weighted by molar-refractivity contribution is 0.848. The first-order valence-corrected chi connectivity index (χ1v) is 7.00. The van der Waals surface area contributed by atoms with Gasteiger partial charge in [0.1, 0.15) is 6.33 Å². The Kier molecular flexibility index (Phi) is 3.22. The van der Waals surface area contributed by atoms with Crippen molar-refractivity contribution >= 4 is 11.0 Å². The van der Waals surface area contributed by atoms with E-state index in [4.69, 9.17) is 5.73 Å². The molecule has 2 N–H and O–H groups in total. The van der Waals surface area contributed by atoms with Crippen LogP contribution in [0.4, 0.5) is 0 Å². The molecule has 1 aromatic carbocycles. The van der Waals surface area contributed by atoms with Crippen molar-refractivity contribution in [2.24, 2.45) is 5.73 Å². The average molecular weight is 281 g/mol. The van der Waals surface area contributed by atoms with E-state index in [0.717, 1.165) is 33.7 Å². The fourth-order valence-electron chi connectivity index (χ4n) is 2.51. The Labute approximate surface area is 123 Å². The second-order valence-corrected chi connectivity index (χ2v) is 5.46. The molecule has 0 fully saturated rings. The summed E-state index contributed by atoms with van der Waals surface area (Å²) in [6.07, 6.45) is 1.79. The van der Waals surface area contributed by atoms with Crippen molar-refractivity contribution in [1.29, 1.82) is 0 Å². The summed E-state index contributed by atoms with van der Waals surface area (Å²) in [5, 5.41) is 8.58. The molecule has 0 bridgehead atoms. The van der Waals surface area contributed by atoms with Crippen LogP contribution in [0, 0.1) is 27.7 Å². The molecule has 0 radical (unpaired) electrons. The van der Waals surface area contributed by atoms with Gasteiger partial charge in [-0.3, -0.25) is 4.57 Å². The Bertz CT molecular complexity index is 832. The van der Waals surface area contributed by atoms with Gasteiger partial charge in [-0.25, -0.2) is 4.98 Å². The lowest BCUT2D eigenvalue weighted by atomic mass is 10.1. The fourth-order valence-corrected chi connectivity index (χ4v) is 2.51. The number of fused-ring (bicyclic) bond motifs is 1. The van der Waals surface area contributed by atoms with Crippen LogP contribution in [0.2, 0.25) is 0 Å². The van der Waals surface area contributed by atoms with Gasteiger partial charge >= 0.3 is 0 Å². The zero-order chi connectivity index (χ0) is 15.1. The number of nitrogens with two attached hydrogens (primary N) is 1. The van der Waals surface area contributed by atoms with Crippen LogP contribution in [0.1, 0.15) is 27.9 Å². The number of hydrogen-bond donors (Lipinski definition) is 1. The summed E-state index contributed by atoms with van der Waals surface area (Å²) in [4.78, 5) is 4.48. The molecule has 0 saturated heterocycles. The van der Waals surface area contributed by atoms with E-state index in [1.54, 1.807) is 6.33 Å². The third kappa shape index (κ3) is 2.10. The second kappa shape index (κ2) is 4.93. The SMILES string of the molecule is Cc1cc2ncn(-c3nnc(C)c(C)c3CN)c2cc1C. The summed E-state index contributed by atoms with van der Waals surface area (Å²) in [6, 6.07) is 4.23. The average Bonchev–Trinajstić information content (AvgIpc) is 2.85. The second-order valence-electron chi connectivity index (χ2n) is 5.46.